The molecule has 0 saturated carbocycles. The molecule has 0 aliphatic rings. The molecule has 36 heavy (non-hydrogen) atoms. The van der Waals surface area contributed by atoms with Gasteiger partial charge in [-0.15, -0.1) is 0 Å². The molecular weight excluding hydrogens is 474 g/mol. The van der Waals surface area contributed by atoms with Crippen LogP contribution in [0.25, 0.3) is 22.9 Å². The number of carbonyl (C=O) groups is 1. The van der Waals surface area contributed by atoms with Crippen LogP contribution >= 0.6 is 11.6 Å². The molecule has 8 heteroatoms. The first kappa shape index (κ1) is 23.1. The summed E-state index contributed by atoms with van der Waals surface area (Å²) in [5, 5.41) is 3.39. The maximum atomic E-state index is 13.5. The van der Waals surface area contributed by atoms with E-state index in [2.05, 4.69) is 20.3 Å². The minimum atomic E-state index is -0.325. The number of hydrogen-bond acceptors (Lipinski definition) is 5. The number of anilines is 1. The van der Waals surface area contributed by atoms with Gasteiger partial charge in [-0.05, 0) is 59.7 Å². The zero-order valence-electron chi connectivity index (χ0n) is 19.0. The Morgan fingerprint density at radius 3 is 2.69 bits per heavy atom. The van der Waals surface area contributed by atoms with Gasteiger partial charge in [0.05, 0.1) is 5.69 Å². The Morgan fingerprint density at radius 2 is 1.86 bits per heavy atom. The van der Waals surface area contributed by atoms with Crippen molar-refractivity contribution >= 4 is 40.4 Å². The van der Waals surface area contributed by atoms with Gasteiger partial charge in [-0.25, -0.2) is 9.97 Å². The van der Waals surface area contributed by atoms with Crippen LogP contribution < -0.4 is 10.9 Å². The third-order valence-corrected chi connectivity index (χ3v) is 5.81. The highest BCUT2D eigenvalue weighted by Gasteiger charge is 2.15. The van der Waals surface area contributed by atoms with Gasteiger partial charge < -0.3 is 5.32 Å². The third-order valence-electron chi connectivity index (χ3n) is 5.47. The summed E-state index contributed by atoms with van der Waals surface area (Å²) in [6.45, 7) is 0. The first-order valence-corrected chi connectivity index (χ1v) is 11.6. The third kappa shape index (κ3) is 5.06. The Kier molecular flexibility index (Phi) is 6.64. The number of fused-ring (bicyclic) bond motifs is 1. The summed E-state index contributed by atoms with van der Waals surface area (Å²) in [7, 11) is 0. The molecule has 7 nitrogen and oxygen atoms in total. The second-order valence-corrected chi connectivity index (χ2v) is 8.38. The summed E-state index contributed by atoms with van der Waals surface area (Å²) in [6, 6.07) is 21.6. The lowest BCUT2D eigenvalue weighted by atomic mass is 10.1. The molecule has 0 bridgehead atoms. The summed E-state index contributed by atoms with van der Waals surface area (Å²) >= 11 is 6.15. The summed E-state index contributed by atoms with van der Waals surface area (Å²) in [5.74, 6) is -0.325. The van der Waals surface area contributed by atoms with Crippen LogP contribution in [0.2, 0.25) is 5.02 Å². The SMILES string of the molecule is O=C(/C=C/c1ccccc1Cl)Nc1cccc(-n2c(=O)c(Cc3cccnc3)nc3cccnc32)c1. The smallest absolute Gasteiger partial charge is 0.278 e. The monoisotopic (exact) mass is 493 g/mol. The van der Waals surface area contributed by atoms with Crippen LogP contribution in [0.3, 0.4) is 0 Å². The molecule has 0 spiro atoms. The largest absolute Gasteiger partial charge is 0.322 e. The maximum Gasteiger partial charge on any atom is 0.278 e. The summed E-state index contributed by atoms with van der Waals surface area (Å²) in [4.78, 5) is 39.2. The van der Waals surface area contributed by atoms with Crippen molar-refractivity contribution in [2.75, 3.05) is 5.32 Å². The van der Waals surface area contributed by atoms with Crippen LogP contribution in [-0.4, -0.2) is 25.4 Å². The van der Waals surface area contributed by atoms with E-state index >= 15 is 0 Å². The Balaban J connectivity index is 1.49. The fourth-order valence-electron chi connectivity index (χ4n) is 3.80. The van der Waals surface area contributed by atoms with Gasteiger partial charge in [-0.2, -0.15) is 0 Å². The number of amides is 1. The highest BCUT2D eigenvalue weighted by atomic mass is 35.5. The lowest BCUT2D eigenvalue weighted by Gasteiger charge is -2.13. The molecule has 1 amide bonds. The average molecular weight is 494 g/mol. The van der Waals surface area contributed by atoms with Crippen molar-refractivity contribution in [3.8, 4) is 5.69 Å². The van der Waals surface area contributed by atoms with Gasteiger partial charge in [-0.3, -0.25) is 19.1 Å². The molecule has 0 aliphatic heterocycles. The highest BCUT2D eigenvalue weighted by Crippen LogP contribution is 2.19. The number of hydrogen-bond donors (Lipinski definition) is 1. The molecule has 176 valence electrons. The number of pyridine rings is 2. The summed E-state index contributed by atoms with van der Waals surface area (Å²) in [6.07, 6.45) is 8.41. The zero-order valence-corrected chi connectivity index (χ0v) is 19.8. The van der Waals surface area contributed by atoms with Gasteiger partial charge in [0.2, 0.25) is 5.91 Å². The van der Waals surface area contributed by atoms with Gasteiger partial charge in [0.25, 0.3) is 5.56 Å². The molecule has 1 N–H and O–H groups in total. The van der Waals surface area contributed by atoms with Crippen LogP contribution in [0, 0.1) is 0 Å². The Labute approximate surface area is 211 Å². The van der Waals surface area contributed by atoms with Gasteiger partial charge in [0, 0.05) is 41.8 Å². The number of aromatic nitrogens is 4. The predicted octanol–water partition coefficient (Wildman–Crippen LogP) is 5.07. The Hall–Kier alpha value is -4.62. The molecule has 3 aromatic heterocycles. The topological polar surface area (TPSA) is 89.8 Å². The van der Waals surface area contributed by atoms with Gasteiger partial charge in [-0.1, -0.05) is 41.9 Å². The van der Waals surface area contributed by atoms with E-state index in [9.17, 15) is 9.59 Å². The van der Waals surface area contributed by atoms with Crippen molar-refractivity contribution in [3.63, 3.8) is 0 Å². The first-order chi connectivity index (χ1) is 17.6. The average Bonchev–Trinajstić information content (AvgIpc) is 2.89. The molecule has 0 radical (unpaired) electrons. The van der Waals surface area contributed by atoms with E-state index in [0.29, 0.717) is 39.7 Å². The van der Waals surface area contributed by atoms with Crippen molar-refractivity contribution in [2.45, 2.75) is 6.42 Å². The highest BCUT2D eigenvalue weighted by molar-refractivity contribution is 6.32. The molecule has 2 aromatic carbocycles. The number of carbonyl (C=O) groups excluding carboxylic acids is 1. The Bertz CT molecular complexity index is 1650. The molecule has 0 atom stereocenters. The minimum Gasteiger partial charge on any atom is -0.322 e. The van der Waals surface area contributed by atoms with Crippen molar-refractivity contribution in [1.29, 1.82) is 0 Å². The van der Waals surface area contributed by atoms with Gasteiger partial charge in [0.15, 0.2) is 5.65 Å². The molecule has 0 aliphatic carbocycles. The molecule has 0 fully saturated rings. The van der Waals surface area contributed by atoms with E-state index < -0.39 is 0 Å². The van der Waals surface area contributed by atoms with Crippen molar-refractivity contribution in [3.05, 3.63) is 130 Å². The normalized spacial score (nSPS) is 11.1. The van der Waals surface area contributed by atoms with E-state index in [-0.39, 0.29) is 11.5 Å². The Morgan fingerprint density at radius 1 is 1.00 bits per heavy atom. The first-order valence-electron chi connectivity index (χ1n) is 11.2. The number of halogens is 1. The van der Waals surface area contributed by atoms with E-state index in [1.54, 1.807) is 61.1 Å². The standard InChI is InChI=1S/C28H20ClN5O2/c29-23-10-2-1-7-20(23)12-13-26(35)32-21-8-3-9-22(17-21)34-27-24(11-5-15-31-27)33-25(28(34)36)16-19-6-4-14-30-18-19/h1-15,17-18H,16H2,(H,32,35)/b13-12+. The van der Waals surface area contributed by atoms with Crippen LogP contribution in [0.4, 0.5) is 5.69 Å². The van der Waals surface area contributed by atoms with Gasteiger partial charge >= 0.3 is 0 Å². The minimum absolute atomic E-state index is 0.285. The fourth-order valence-corrected chi connectivity index (χ4v) is 4.00. The molecular formula is C28H20ClN5O2. The number of rotatable bonds is 6. The van der Waals surface area contributed by atoms with Crippen molar-refractivity contribution < 1.29 is 4.79 Å². The molecule has 5 aromatic rings. The maximum absolute atomic E-state index is 13.5. The van der Waals surface area contributed by atoms with Crippen molar-refractivity contribution in [1.82, 2.24) is 19.5 Å². The number of nitrogens with zero attached hydrogens (tertiary/aromatic N) is 4. The summed E-state index contributed by atoms with van der Waals surface area (Å²) in [5.41, 5.74) is 3.82. The van der Waals surface area contributed by atoms with E-state index in [0.717, 1.165) is 11.1 Å². The van der Waals surface area contributed by atoms with Crippen LogP contribution in [0.15, 0.2) is 102 Å². The van der Waals surface area contributed by atoms with Crippen LogP contribution in [-0.2, 0) is 11.2 Å². The van der Waals surface area contributed by atoms with E-state index in [4.69, 9.17) is 11.6 Å². The summed E-state index contributed by atoms with van der Waals surface area (Å²) < 4.78 is 1.52. The predicted molar refractivity (Wildman–Crippen MR) is 141 cm³/mol. The second-order valence-electron chi connectivity index (χ2n) is 7.98. The quantitative estimate of drug-likeness (QED) is 0.333. The second kappa shape index (κ2) is 10.3. The van der Waals surface area contributed by atoms with Crippen LogP contribution in [0.5, 0.6) is 0 Å². The van der Waals surface area contributed by atoms with Crippen LogP contribution in [0.1, 0.15) is 16.8 Å². The fraction of sp³-hybridized carbons (Fsp3) is 0.0357. The molecule has 0 saturated heterocycles. The molecule has 3 heterocycles. The number of nitrogens with one attached hydrogen (secondary N) is 1. The molecule has 5 rings (SSSR count). The van der Waals surface area contributed by atoms with Crippen molar-refractivity contribution in [2.24, 2.45) is 0 Å². The lowest BCUT2D eigenvalue weighted by Crippen LogP contribution is -2.25. The van der Waals surface area contributed by atoms with E-state index in [1.807, 2.05) is 36.4 Å². The lowest BCUT2D eigenvalue weighted by molar-refractivity contribution is -0.111. The molecule has 0 unspecified atom stereocenters. The van der Waals surface area contributed by atoms with E-state index in [1.165, 1.54) is 10.6 Å². The zero-order chi connectivity index (χ0) is 24.9. The van der Waals surface area contributed by atoms with Gasteiger partial charge in [0.1, 0.15) is 11.2 Å². The number of benzene rings is 2.